The number of amides is 3. The van der Waals surface area contributed by atoms with Gasteiger partial charge in [-0.1, -0.05) is 6.58 Å². The van der Waals surface area contributed by atoms with Crippen LogP contribution in [0.2, 0.25) is 0 Å². The molecule has 0 aliphatic rings. The first-order valence-corrected chi connectivity index (χ1v) is 7.90. The fourth-order valence-corrected chi connectivity index (χ4v) is 1.69. The Balaban J connectivity index is 2.38. The highest BCUT2D eigenvalue weighted by Crippen LogP contribution is 2.14. The van der Waals surface area contributed by atoms with Gasteiger partial charge in [0.1, 0.15) is 5.60 Å². The van der Waals surface area contributed by atoms with E-state index in [4.69, 9.17) is 4.74 Å². The number of rotatable bonds is 6. The number of nitrogens with one attached hydrogen (secondary N) is 3. The number of carbonyl (C=O) groups is 3. The first-order chi connectivity index (χ1) is 11.6. The molecule has 3 amide bonds. The van der Waals surface area contributed by atoms with Gasteiger partial charge in [-0.2, -0.15) is 0 Å². The Labute approximate surface area is 147 Å². The fraction of sp³-hybridized carbons (Fsp3) is 0.389. The van der Waals surface area contributed by atoms with Crippen LogP contribution in [0.3, 0.4) is 0 Å². The zero-order valence-corrected chi connectivity index (χ0v) is 15.1. The Morgan fingerprint density at radius 1 is 1.04 bits per heavy atom. The second-order valence-electron chi connectivity index (χ2n) is 6.54. The second kappa shape index (κ2) is 8.86. The van der Waals surface area contributed by atoms with Crippen molar-refractivity contribution < 1.29 is 19.1 Å². The SMILES string of the molecule is C=C(C)C(=O)Nc1ccc(NC(=O)CCNC(=O)OC(C)(C)C)cc1. The van der Waals surface area contributed by atoms with Crippen LogP contribution in [0.25, 0.3) is 0 Å². The maximum Gasteiger partial charge on any atom is 0.407 e. The molecule has 0 saturated carbocycles. The van der Waals surface area contributed by atoms with Crippen molar-refractivity contribution >= 4 is 29.3 Å². The third kappa shape index (κ3) is 8.55. The highest BCUT2D eigenvalue weighted by Gasteiger charge is 2.15. The smallest absolute Gasteiger partial charge is 0.407 e. The molecular formula is C18H25N3O4. The Hall–Kier alpha value is -2.83. The number of anilines is 2. The van der Waals surface area contributed by atoms with Gasteiger partial charge in [0, 0.05) is 29.9 Å². The summed E-state index contributed by atoms with van der Waals surface area (Å²) in [6.07, 6.45) is -0.439. The summed E-state index contributed by atoms with van der Waals surface area (Å²) in [6, 6.07) is 6.70. The van der Waals surface area contributed by atoms with Crippen molar-refractivity contribution in [3.63, 3.8) is 0 Å². The van der Waals surface area contributed by atoms with Crippen molar-refractivity contribution in [2.45, 2.75) is 39.7 Å². The Morgan fingerprint density at radius 3 is 2.04 bits per heavy atom. The number of alkyl carbamates (subject to hydrolysis) is 1. The van der Waals surface area contributed by atoms with Gasteiger partial charge in [0.25, 0.3) is 5.91 Å². The van der Waals surface area contributed by atoms with Crippen molar-refractivity contribution in [1.82, 2.24) is 5.32 Å². The molecule has 3 N–H and O–H groups in total. The van der Waals surface area contributed by atoms with Gasteiger partial charge in [0.2, 0.25) is 5.91 Å². The van der Waals surface area contributed by atoms with Crippen molar-refractivity contribution in [3.8, 4) is 0 Å². The molecule has 0 atom stereocenters. The fourth-order valence-electron chi connectivity index (χ4n) is 1.69. The summed E-state index contributed by atoms with van der Waals surface area (Å²) >= 11 is 0. The molecule has 0 aliphatic heterocycles. The van der Waals surface area contributed by atoms with Crippen LogP contribution in [0.1, 0.15) is 34.1 Å². The summed E-state index contributed by atoms with van der Waals surface area (Å²) in [6.45, 7) is 10.7. The standard InChI is InChI=1S/C18H25N3O4/c1-12(2)16(23)21-14-8-6-13(7-9-14)20-15(22)10-11-19-17(24)25-18(3,4)5/h6-9H,1,10-11H2,2-5H3,(H,19,24)(H,20,22)(H,21,23). The molecule has 1 rings (SSSR count). The molecule has 25 heavy (non-hydrogen) atoms. The lowest BCUT2D eigenvalue weighted by molar-refractivity contribution is -0.116. The van der Waals surface area contributed by atoms with Gasteiger partial charge in [0.15, 0.2) is 0 Å². The van der Waals surface area contributed by atoms with Crippen LogP contribution in [0.15, 0.2) is 36.4 Å². The summed E-state index contributed by atoms with van der Waals surface area (Å²) in [4.78, 5) is 34.8. The van der Waals surface area contributed by atoms with Crippen LogP contribution in [0, 0.1) is 0 Å². The summed E-state index contributed by atoms with van der Waals surface area (Å²) < 4.78 is 5.08. The molecule has 0 bridgehead atoms. The highest BCUT2D eigenvalue weighted by atomic mass is 16.6. The molecule has 7 nitrogen and oxygen atoms in total. The van der Waals surface area contributed by atoms with Crippen LogP contribution >= 0.6 is 0 Å². The van der Waals surface area contributed by atoms with Crippen LogP contribution in [0.5, 0.6) is 0 Å². The summed E-state index contributed by atoms with van der Waals surface area (Å²) in [7, 11) is 0. The number of ether oxygens (including phenoxy) is 1. The minimum atomic E-state index is -0.576. The second-order valence-corrected chi connectivity index (χ2v) is 6.54. The summed E-state index contributed by atoms with van der Waals surface area (Å²) in [5, 5.41) is 7.90. The summed E-state index contributed by atoms with van der Waals surface area (Å²) in [5.41, 5.74) is 1.04. The molecule has 0 radical (unpaired) electrons. The van der Waals surface area contributed by atoms with Crippen molar-refractivity contribution in [2.75, 3.05) is 17.2 Å². The van der Waals surface area contributed by atoms with E-state index in [0.29, 0.717) is 16.9 Å². The lowest BCUT2D eigenvalue weighted by atomic mass is 10.2. The van der Waals surface area contributed by atoms with Gasteiger partial charge in [-0.05, 0) is 52.0 Å². The molecule has 0 spiro atoms. The zero-order chi connectivity index (χ0) is 19.0. The van der Waals surface area contributed by atoms with Crippen LogP contribution in [-0.2, 0) is 14.3 Å². The van der Waals surface area contributed by atoms with Gasteiger partial charge in [0.05, 0.1) is 0 Å². The van der Waals surface area contributed by atoms with E-state index >= 15 is 0 Å². The average molecular weight is 347 g/mol. The van der Waals surface area contributed by atoms with Crippen LogP contribution < -0.4 is 16.0 Å². The molecule has 0 unspecified atom stereocenters. The number of hydrogen-bond donors (Lipinski definition) is 3. The summed E-state index contributed by atoms with van der Waals surface area (Å²) in [5.74, 6) is -0.500. The van der Waals surface area contributed by atoms with E-state index in [9.17, 15) is 14.4 Å². The molecule has 1 aromatic rings. The van der Waals surface area contributed by atoms with Crippen LogP contribution in [-0.4, -0.2) is 30.1 Å². The Morgan fingerprint density at radius 2 is 1.56 bits per heavy atom. The van der Waals surface area contributed by atoms with Gasteiger partial charge in [-0.15, -0.1) is 0 Å². The van der Waals surface area contributed by atoms with Gasteiger partial charge < -0.3 is 20.7 Å². The predicted molar refractivity (Wildman–Crippen MR) is 97.4 cm³/mol. The third-order valence-electron chi connectivity index (χ3n) is 2.83. The molecular weight excluding hydrogens is 322 g/mol. The molecule has 0 saturated heterocycles. The predicted octanol–water partition coefficient (Wildman–Crippen LogP) is 3.05. The van der Waals surface area contributed by atoms with Crippen molar-refractivity contribution in [2.24, 2.45) is 0 Å². The first kappa shape index (κ1) is 20.2. The number of benzene rings is 1. The largest absolute Gasteiger partial charge is 0.444 e. The minimum absolute atomic E-state index is 0.118. The average Bonchev–Trinajstić information content (AvgIpc) is 2.47. The van der Waals surface area contributed by atoms with E-state index in [1.165, 1.54) is 0 Å². The van der Waals surface area contributed by atoms with Crippen LogP contribution in [0.4, 0.5) is 16.2 Å². The van der Waals surface area contributed by atoms with E-state index < -0.39 is 11.7 Å². The zero-order valence-electron chi connectivity index (χ0n) is 15.1. The first-order valence-electron chi connectivity index (χ1n) is 7.90. The van der Waals surface area contributed by atoms with Crippen molar-refractivity contribution in [1.29, 1.82) is 0 Å². The van der Waals surface area contributed by atoms with E-state index in [1.54, 1.807) is 52.0 Å². The molecule has 0 aliphatic carbocycles. The molecule has 0 heterocycles. The van der Waals surface area contributed by atoms with Gasteiger partial charge in [-0.25, -0.2) is 4.79 Å². The van der Waals surface area contributed by atoms with E-state index in [0.717, 1.165) is 0 Å². The number of carbonyl (C=O) groups excluding carboxylic acids is 3. The molecule has 0 aromatic heterocycles. The van der Waals surface area contributed by atoms with E-state index in [1.807, 2.05) is 0 Å². The number of hydrogen-bond acceptors (Lipinski definition) is 4. The monoisotopic (exact) mass is 347 g/mol. The molecule has 0 fully saturated rings. The lowest BCUT2D eigenvalue weighted by Crippen LogP contribution is -2.34. The van der Waals surface area contributed by atoms with Crippen molar-refractivity contribution in [3.05, 3.63) is 36.4 Å². The molecule has 1 aromatic carbocycles. The Bertz CT molecular complexity index is 645. The normalized spacial score (nSPS) is 10.6. The topological polar surface area (TPSA) is 96.5 Å². The van der Waals surface area contributed by atoms with E-state index in [2.05, 4.69) is 22.5 Å². The highest BCUT2D eigenvalue weighted by molar-refractivity contribution is 6.03. The Kier molecular flexibility index (Phi) is 7.17. The quantitative estimate of drug-likeness (QED) is 0.689. The lowest BCUT2D eigenvalue weighted by Gasteiger charge is -2.19. The molecule has 136 valence electrons. The maximum atomic E-state index is 11.8. The maximum absolute atomic E-state index is 11.8. The molecule has 7 heteroatoms. The minimum Gasteiger partial charge on any atom is -0.444 e. The van der Waals surface area contributed by atoms with Gasteiger partial charge in [-0.3, -0.25) is 9.59 Å². The van der Waals surface area contributed by atoms with Gasteiger partial charge >= 0.3 is 6.09 Å². The third-order valence-corrected chi connectivity index (χ3v) is 2.83. The van der Waals surface area contributed by atoms with E-state index in [-0.39, 0.29) is 24.8 Å².